The van der Waals surface area contributed by atoms with Gasteiger partial charge in [-0.3, -0.25) is 0 Å². The van der Waals surface area contributed by atoms with Crippen molar-refractivity contribution < 1.29 is 4.74 Å². The maximum absolute atomic E-state index is 5.95. The van der Waals surface area contributed by atoms with Crippen molar-refractivity contribution in [1.29, 1.82) is 0 Å². The largest absolute Gasteiger partial charge is 0.385 e. The molecular weight excluding hydrogens is 246 g/mol. The molecule has 1 aromatic rings. The van der Waals surface area contributed by atoms with Crippen LogP contribution in [0.5, 0.6) is 0 Å². The maximum atomic E-state index is 5.95. The molecule has 1 aromatic carbocycles. The molecule has 0 aromatic heterocycles. The summed E-state index contributed by atoms with van der Waals surface area (Å²) in [5, 5.41) is 4.24. The zero-order chi connectivity index (χ0) is 13.4. The van der Waals surface area contributed by atoms with E-state index in [-0.39, 0.29) is 0 Å². The lowest BCUT2D eigenvalue weighted by Gasteiger charge is -2.24. The summed E-state index contributed by atoms with van der Waals surface area (Å²) in [7, 11) is 1.76. The van der Waals surface area contributed by atoms with Crippen molar-refractivity contribution in [1.82, 2.24) is 5.32 Å². The number of hydrogen-bond acceptors (Lipinski definition) is 2. The van der Waals surface area contributed by atoms with E-state index in [2.05, 4.69) is 31.3 Å². The zero-order valence-electron chi connectivity index (χ0n) is 11.6. The predicted molar refractivity (Wildman–Crippen MR) is 78.4 cm³/mol. The summed E-state index contributed by atoms with van der Waals surface area (Å²) in [4.78, 5) is 0. The van der Waals surface area contributed by atoms with Crippen molar-refractivity contribution in [2.24, 2.45) is 5.92 Å². The van der Waals surface area contributed by atoms with Gasteiger partial charge in [0.15, 0.2) is 0 Å². The minimum atomic E-state index is 0.511. The highest BCUT2D eigenvalue weighted by molar-refractivity contribution is 6.30. The molecule has 0 saturated heterocycles. The molecule has 0 spiro atoms. The molecule has 102 valence electrons. The molecule has 0 radical (unpaired) electrons. The first-order chi connectivity index (χ1) is 8.69. The smallest absolute Gasteiger partial charge is 0.0465 e. The Morgan fingerprint density at radius 3 is 2.50 bits per heavy atom. The molecule has 1 rings (SSSR count). The van der Waals surface area contributed by atoms with Crippen LogP contribution in [-0.4, -0.2) is 26.8 Å². The van der Waals surface area contributed by atoms with Crippen molar-refractivity contribution in [3.8, 4) is 0 Å². The van der Waals surface area contributed by atoms with Gasteiger partial charge in [0.2, 0.25) is 0 Å². The fraction of sp³-hybridized carbons (Fsp3) is 0.600. The minimum Gasteiger partial charge on any atom is -0.385 e. The van der Waals surface area contributed by atoms with E-state index in [1.54, 1.807) is 7.11 Å². The molecule has 1 N–H and O–H groups in total. The normalized spacial score (nSPS) is 14.4. The van der Waals surface area contributed by atoms with Crippen LogP contribution in [0.15, 0.2) is 24.3 Å². The highest BCUT2D eigenvalue weighted by Crippen LogP contribution is 2.27. The lowest BCUT2D eigenvalue weighted by molar-refractivity contribution is 0.174. The lowest BCUT2D eigenvalue weighted by atomic mass is 9.85. The van der Waals surface area contributed by atoms with Gasteiger partial charge in [0.25, 0.3) is 0 Å². The monoisotopic (exact) mass is 269 g/mol. The Morgan fingerprint density at radius 1 is 1.28 bits per heavy atom. The third-order valence-electron chi connectivity index (χ3n) is 3.38. The second-order valence-electron chi connectivity index (χ2n) is 4.72. The molecule has 2 unspecified atom stereocenters. The summed E-state index contributed by atoms with van der Waals surface area (Å²) in [6, 6.07) is 8.21. The molecule has 0 heterocycles. The molecule has 0 aliphatic rings. The molecule has 2 atom stereocenters. The van der Waals surface area contributed by atoms with Crippen molar-refractivity contribution in [2.45, 2.75) is 26.2 Å². The number of likely N-dealkylation sites (N-methyl/N-ethyl adjacent to an activating group) is 1. The molecule has 0 bridgehead atoms. The molecule has 18 heavy (non-hydrogen) atoms. The van der Waals surface area contributed by atoms with Crippen LogP contribution >= 0.6 is 11.6 Å². The Morgan fingerprint density at radius 2 is 1.94 bits per heavy atom. The van der Waals surface area contributed by atoms with E-state index in [0.29, 0.717) is 11.8 Å². The third-order valence-corrected chi connectivity index (χ3v) is 3.63. The van der Waals surface area contributed by atoms with Gasteiger partial charge in [-0.05, 0) is 42.5 Å². The van der Waals surface area contributed by atoms with Crippen LogP contribution in [0, 0.1) is 5.92 Å². The minimum absolute atomic E-state index is 0.511. The second kappa shape index (κ2) is 8.52. The number of benzene rings is 1. The van der Waals surface area contributed by atoms with E-state index in [4.69, 9.17) is 16.3 Å². The summed E-state index contributed by atoms with van der Waals surface area (Å²) in [6.45, 7) is 7.25. The Balaban J connectivity index is 2.73. The Hall–Kier alpha value is -0.570. The number of nitrogens with one attached hydrogen (secondary N) is 1. The first kappa shape index (κ1) is 15.5. The Bertz CT molecular complexity index is 326. The number of ether oxygens (including phenoxy) is 1. The predicted octanol–water partition coefficient (Wildman–Crippen LogP) is 3.71. The van der Waals surface area contributed by atoms with Gasteiger partial charge in [0.1, 0.15) is 0 Å². The van der Waals surface area contributed by atoms with Crippen LogP contribution < -0.4 is 5.32 Å². The van der Waals surface area contributed by atoms with Gasteiger partial charge in [-0.25, -0.2) is 0 Å². The topological polar surface area (TPSA) is 21.3 Å². The molecule has 0 saturated carbocycles. The summed E-state index contributed by atoms with van der Waals surface area (Å²) in [5.74, 6) is 1.10. The third kappa shape index (κ3) is 4.97. The van der Waals surface area contributed by atoms with Gasteiger partial charge in [0, 0.05) is 25.3 Å². The van der Waals surface area contributed by atoms with E-state index >= 15 is 0 Å². The van der Waals surface area contributed by atoms with Gasteiger partial charge in [-0.15, -0.1) is 0 Å². The van der Waals surface area contributed by atoms with Crippen LogP contribution in [0.1, 0.15) is 31.7 Å². The molecule has 0 fully saturated rings. The van der Waals surface area contributed by atoms with Gasteiger partial charge < -0.3 is 10.1 Å². The zero-order valence-corrected chi connectivity index (χ0v) is 12.3. The standard InChI is InChI=1S/C15H24ClNO/c1-4-17-11-15(12(2)9-10-18-3)13-5-7-14(16)8-6-13/h5-8,12,15,17H,4,9-11H2,1-3H3. The van der Waals surface area contributed by atoms with Crippen molar-refractivity contribution in [3.63, 3.8) is 0 Å². The summed E-state index contributed by atoms with van der Waals surface area (Å²) < 4.78 is 5.18. The number of rotatable bonds is 8. The molecule has 3 heteroatoms. The molecule has 0 aliphatic heterocycles. The van der Waals surface area contributed by atoms with Crippen LogP contribution in [-0.2, 0) is 4.74 Å². The van der Waals surface area contributed by atoms with Crippen molar-refractivity contribution >= 4 is 11.6 Å². The highest BCUT2D eigenvalue weighted by atomic mass is 35.5. The highest BCUT2D eigenvalue weighted by Gasteiger charge is 2.18. The summed E-state index contributed by atoms with van der Waals surface area (Å²) in [6.07, 6.45) is 1.08. The average molecular weight is 270 g/mol. The summed E-state index contributed by atoms with van der Waals surface area (Å²) in [5.41, 5.74) is 1.35. The SMILES string of the molecule is CCNCC(c1ccc(Cl)cc1)C(C)CCOC. The number of methoxy groups -OCH3 is 1. The molecule has 0 amide bonds. The lowest BCUT2D eigenvalue weighted by Crippen LogP contribution is -2.26. The van der Waals surface area contributed by atoms with E-state index in [9.17, 15) is 0 Å². The van der Waals surface area contributed by atoms with Crippen LogP contribution in [0.2, 0.25) is 5.02 Å². The molecule has 0 aliphatic carbocycles. The van der Waals surface area contributed by atoms with Crippen LogP contribution in [0.3, 0.4) is 0 Å². The van der Waals surface area contributed by atoms with Gasteiger partial charge in [-0.1, -0.05) is 37.6 Å². The maximum Gasteiger partial charge on any atom is 0.0465 e. The number of halogens is 1. The van der Waals surface area contributed by atoms with Crippen LogP contribution in [0.25, 0.3) is 0 Å². The van der Waals surface area contributed by atoms with E-state index in [1.165, 1.54) is 5.56 Å². The second-order valence-corrected chi connectivity index (χ2v) is 5.16. The van der Waals surface area contributed by atoms with E-state index in [1.807, 2.05) is 12.1 Å². The first-order valence-corrected chi connectivity index (χ1v) is 7.02. The fourth-order valence-electron chi connectivity index (χ4n) is 2.16. The van der Waals surface area contributed by atoms with Crippen molar-refractivity contribution in [2.75, 3.05) is 26.8 Å². The number of hydrogen-bond donors (Lipinski definition) is 1. The van der Waals surface area contributed by atoms with Crippen molar-refractivity contribution in [3.05, 3.63) is 34.9 Å². The van der Waals surface area contributed by atoms with E-state index < -0.39 is 0 Å². The molecule has 2 nitrogen and oxygen atoms in total. The van der Waals surface area contributed by atoms with Gasteiger partial charge in [0.05, 0.1) is 0 Å². The first-order valence-electron chi connectivity index (χ1n) is 6.64. The Labute approximate surface area is 116 Å². The quantitative estimate of drug-likeness (QED) is 0.777. The van der Waals surface area contributed by atoms with Gasteiger partial charge in [-0.2, -0.15) is 0 Å². The fourth-order valence-corrected chi connectivity index (χ4v) is 2.29. The van der Waals surface area contributed by atoms with Gasteiger partial charge >= 0.3 is 0 Å². The van der Waals surface area contributed by atoms with E-state index in [0.717, 1.165) is 31.1 Å². The molecular formula is C15H24ClNO. The summed E-state index contributed by atoms with van der Waals surface area (Å²) >= 11 is 5.95. The Kier molecular flexibility index (Phi) is 7.33. The average Bonchev–Trinajstić information content (AvgIpc) is 2.38. The van der Waals surface area contributed by atoms with Crippen LogP contribution in [0.4, 0.5) is 0 Å².